The van der Waals surface area contributed by atoms with Crippen molar-refractivity contribution in [2.75, 3.05) is 75.7 Å². The smallest absolute Gasteiger partial charge is 0.416 e. The van der Waals surface area contributed by atoms with Crippen molar-refractivity contribution in [3.05, 3.63) is 65.2 Å². The topological polar surface area (TPSA) is 282 Å². The Morgan fingerprint density at radius 3 is 2.03 bits per heavy atom. The van der Waals surface area contributed by atoms with E-state index in [1.807, 2.05) is 11.0 Å². The first-order valence-electron chi connectivity index (χ1n) is 26.6. The molecule has 1 unspecified atom stereocenters. The number of methoxy groups -OCH3 is 2. The van der Waals surface area contributed by atoms with Crippen LogP contribution in [0.3, 0.4) is 0 Å². The van der Waals surface area contributed by atoms with E-state index in [1.165, 1.54) is 32.9 Å². The summed E-state index contributed by atoms with van der Waals surface area (Å²) in [7, 11) is 3.04. The Bertz CT molecular complexity index is 2760. The molecule has 5 atom stereocenters. The van der Waals surface area contributed by atoms with Gasteiger partial charge < -0.3 is 70.9 Å². The van der Waals surface area contributed by atoms with Crippen molar-refractivity contribution in [1.82, 2.24) is 25.8 Å². The molecular formula is C55H71N9O13. The molecule has 22 heteroatoms. The minimum absolute atomic E-state index is 0.0268. The molecule has 2 aliphatic carbocycles. The first kappa shape index (κ1) is 54.5. The van der Waals surface area contributed by atoms with Crippen molar-refractivity contribution in [3.63, 3.8) is 0 Å². The summed E-state index contributed by atoms with van der Waals surface area (Å²) in [5, 5.41) is 25.8. The number of aliphatic hydroxyl groups is 1. The third kappa shape index (κ3) is 12.0. The summed E-state index contributed by atoms with van der Waals surface area (Å²) in [6, 6.07) is 10.7. The zero-order chi connectivity index (χ0) is 54.8. The Morgan fingerprint density at radius 1 is 0.766 bits per heavy atom. The molecule has 9 rings (SSSR count). The van der Waals surface area contributed by atoms with Gasteiger partial charge in [-0.25, -0.2) is 9.69 Å². The molecule has 6 aliphatic rings. The molecule has 4 fully saturated rings. The number of hydrogen-bond acceptors (Lipinski definition) is 15. The van der Waals surface area contributed by atoms with Crippen LogP contribution in [0.15, 0.2) is 48.5 Å². The summed E-state index contributed by atoms with van der Waals surface area (Å²) in [5.74, 6) is -1.28. The lowest BCUT2D eigenvalue weighted by Gasteiger charge is -2.31. The monoisotopic (exact) mass is 1070 g/mol. The lowest BCUT2D eigenvalue weighted by atomic mass is 10.0. The van der Waals surface area contributed by atoms with E-state index in [0.717, 1.165) is 42.8 Å². The molecule has 7 amide bonds. The number of rotatable bonds is 21. The van der Waals surface area contributed by atoms with Crippen LogP contribution in [0.2, 0.25) is 0 Å². The Kier molecular flexibility index (Phi) is 16.1. The Hall–Kier alpha value is -7.33. The molecule has 8 N–H and O–H groups in total. The minimum Gasteiger partial charge on any atom is -0.493 e. The quantitative estimate of drug-likeness (QED) is 0.0746. The molecule has 414 valence electrons. The number of benzene rings is 3. The van der Waals surface area contributed by atoms with Gasteiger partial charge in [0.1, 0.15) is 18.7 Å². The van der Waals surface area contributed by atoms with Gasteiger partial charge in [-0.3, -0.25) is 28.8 Å². The highest BCUT2D eigenvalue weighted by atomic mass is 16.6. The van der Waals surface area contributed by atoms with Gasteiger partial charge in [-0.2, -0.15) is 0 Å². The van der Waals surface area contributed by atoms with Crippen LogP contribution in [0, 0.1) is 16.7 Å². The fraction of sp³-hybridized carbons (Fsp3) is 0.545. The Balaban J connectivity index is 0.797. The van der Waals surface area contributed by atoms with Crippen molar-refractivity contribution in [2.24, 2.45) is 22.5 Å². The maximum atomic E-state index is 14.3. The summed E-state index contributed by atoms with van der Waals surface area (Å²) >= 11 is 0. The van der Waals surface area contributed by atoms with Crippen LogP contribution < -0.4 is 56.2 Å². The largest absolute Gasteiger partial charge is 0.493 e. The van der Waals surface area contributed by atoms with Gasteiger partial charge in [0.15, 0.2) is 29.2 Å². The van der Waals surface area contributed by atoms with Crippen molar-refractivity contribution in [3.8, 4) is 23.0 Å². The number of unbranched alkanes of at least 4 members (excludes halogenated alkanes) is 2. The van der Waals surface area contributed by atoms with Crippen LogP contribution in [-0.4, -0.2) is 147 Å². The number of aliphatic hydroxyl groups excluding tert-OH is 1. The van der Waals surface area contributed by atoms with Crippen LogP contribution in [0.25, 0.3) is 0 Å². The zero-order valence-corrected chi connectivity index (χ0v) is 44.4. The van der Waals surface area contributed by atoms with Gasteiger partial charge in [0, 0.05) is 43.5 Å². The van der Waals surface area contributed by atoms with Gasteiger partial charge in [-0.05, 0) is 111 Å². The molecule has 3 aromatic rings. The van der Waals surface area contributed by atoms with Crippen LogP contribution in [0.4, 0.5) is 21.9 Å². The van der Waals surface area contributed by atoms with Crippen molar-refractivity contribution < 1.29 is 62.4 Å². The molecule has 0 aromatic heterocycles. The summed E-state index contributed by atoms with van der Waals surface area (Å²) in [6.45, 7) is 6.70. The van der Waals surface area contributed by atoms with Crippen LogP contribution in [0.1, 0.15) is 105 Å². The van der Waals surface area contributed by atoms with E-state index in [4.69, 9.17) is 29.4 Å². The number of nitrogens with one attached hydrogen (secondary N) is 5. The number of anilines is 3. The molecule has 2 saturated carbocycles. The number of nitrogens with two attached hydrogens (primary N) is 1. The number of carbonyl (C=O) groups excluding carboxylic acids is 7. The number of ether oxygens (including phenoxy) is 5. The predicted octanol–water partition coefficient (Wildman–Crippen LogP) is 3.88. The van der Waals surface area contributed by atoms with Crippen LogP contribution in [0.5, 0.6) is 23.0 Å². The maximum Gasteiger partial charge on any atom is 0.416 e. The Labute approximate surface area is 447 Å². The highest BCUT2D eigenvalue weighted by Crippen LogP contribution is 2.57. The number of amides is 7. The normalized spacial score (nSPS) is 20.8. The first-order chi connectivity index (χ1) is 36.9. The fourth-order valence-corrected chi connectivity index (χ4v) is 10.9. The fourth-order valence-electron chi connectivity index (χ4n) is 10.9. The third-order valence-electron chi connectivity index (χ3n) is 15.8. The van der Waals surface area contributed by atoms with Gasteiger partial charge >= 0.3 is 6.09 Å². The van der Waals surface area contributed by atoms with E-state index in [-0.39, 0.29) is 78.2 Å². The summed E-state index contributed by atoms with van der Waals surface area (Å²) in [5.41, 5.74) is 8.02. The predicted molar refractivity (Wildman–Crippen MR) is 282 cm³/mol. The van der Waals surface area contributed by atoms with E-state index in [9.17, 15) is 38.7 Å². The number of hydrogen-bond donors (Lipinski definition) is 7. The molecule has 2 spiro atoms. The van der Waals surface area contributed by atoms with Gasteiger partial charge in [-0.15, -0.1) is 0 Å². The number of fused-ring (bicyclic) bond motifs is 4. The Morgan fingerprint density at radius 2 is 1.39 bits per heavy atom. The lowest BCUT2D eigenvalue weighted by Crippen LogP contribution is -2.55. The first-order valence-corrected chi connectivity index (χ1v) is 26.6. The van der Waals surface area contributed by atoms with Crippen molar-refractivity contribution in [1.29, 1.82) is 0 Å². The standard InChI is InChI=1S/C55H71N9O13/c1-31(2)47(61-46(66)27-58-45(65)25-56)49(68)59-32(3)48(67)60-34-11-9-33(10-12-34)28-77-53(72)64-39-22-44(42(74-5)20-37(39)51(70)63-30-55(15-16-55)24-40(63)52(64)71)76-18-8-6-7-17-75-43-21-38-36(19-41(43)73-4)50(69)62-29-54(13-14-54)23-35(62)26-57-38/h9-12,19-22,31-32,35,40,47,52,57,71H,6-8,13-18,23-30,56H2,1-5H3,(H,58,65)(H,59,68)(H,60,67)(H,61,66)/t32-,35-,40-,47-,52?/m0/s1. The molecule has 77 heavy (non-hydrogen) atoms. The summed E-state index contributed by atoms with van der Waals surface area (Å²) in [4.78, 5) is 97.1. The van der Waals surface area contributed by atoms with E-state index < -0.39 is 54.1 Å². The maximum absolute atomic E-state index is 14.3. The van der Waals surface area contributed by atoms with E-state index >= 15 is 0 Å². The molecule has 0 radical (unpaired) electrons. The zero-order valence-electron chi connectivity index (χ0n) is 44.4. The number of nitrogens with zero attached hydrogens (tertiary/aromatic N) is 3. The van der Waals surface area contributed by atoms with Crippen molar-refractivity contribution in [2.45, 2.75) is 116 Å². The molecule has 2 saturated heterocycles. The highest BCUT2D eigenvalue weighted by Gasteiger charge is 2.58. The summed E-state index contributed by atoms with van der Waals surface area (Å²) in [6.07, 6.45) is 5.50. The second-order valence-corrected chi connectivity index (χ2v) is 21.7. The average molecular weight is 1070 g/mol. The molecule has 0 bridgehead atoms. The van der Waals surface area contributed by atoms with E-state index in [2.05, 4.69) is 26.6 Å². The molecule has 4 heterocycles. The average Bonchev–Trinajstić information content (AvgIpc) is 4.41. The SMILES string of the molecule is COc1cc2c(cc1OCCCCCOc1cc3c(cc1OC)C(=O)N1CC4(CC4)C[C@H]1C(O)N3C(=O)OCc1ccc(NC(=O)[C@H](C)NC(=O)[C@@H](NC(=O)CNC(=O)CN)C(C)C)cc1)NC[C@@H]1CC3(CC3)CN1C2=O. The highest BCUT2D eigenvalue weighted by molar-refractivity contribution is 6.06. The van der Waals surface area contributed by atoms with Crippen molar-refractivity contribution >= 4 is 58.6 Å². The second kappa shape index (κ2) is 22.7. The molecule has 22 nitrogen and oxygen atoms in total. The molecule has 4 aliphatic heterocycles. The molecular weight excluding hydrogens is 995 g/mol. The van der Waals surface area contributed by atoms with Crippen LogP contribution in [-0.2, 0) is 30.5 Å². The van der Waals surface area contributed by atoms with Gasteiger partial charge in [-0.1, -0.05) is 26.0 Å². The van der Waals surface area contributed by atoms with Gasteiger partial charge in [0.25, 0.3) is 11.8 Å². The van der Waals surface area contributed by atoms with Crippen LogP contribution >= 0.6 is 0 Å². The van der Waals surface area contributed by atoms with Gasteiger partial charge in [0.2, 0.25) is 23.6 Å². The van der Waals surface area contributed by atoms with Gasteiger partial charge in [0.05, 0.1) is 69.1 Å². The third-order valence-corrected chi connectivity index (χ3v) is 15.8. The summed E-state index contributed by atoms with van der Waals surface area (Å²) < 4.78 is 29.7. The van der Waals surface area contributed by atoms with E-state index in [0.29, 0.717) is 72.7 Å². The second-order valence-electron chi connectivity index (χ2n) is 21.7. The van der Waals surface area contributed by atoms with E-state index in [1.54, 1.807) is 62.3 Å². The lowest BCUT2D eigenvalue weighted by molar-refractivity contribution is -0.132. The number of carbonyl (C=O) groups is 7. The molecule has 3 aromatic carbocycles. The minimum atomic E-state index is -1.44.